The lowest BCUT2D eigenvalue weighted by atomic mass is 9.81. The van der Waals surface area contributed by atoms with Crippen LogP contribution in [0.15, 0.2) is 30.3 Å². The molecule has 3 rings (SSSR count). The second kappa shape index (κ2) is 8.67. The number of Topliss-reactive ketones (excluding diaryl/α,β-unsaturated/α-hetero) is 1. The van der Waals surface area contributed by atoms with Crippen LogP contribution in [0, 0.1) is 17.2 Å². The molecule has 1 saturated carbocycles. The standard InChI is InChI=1S/C22H29N3O2/c1-24(22(17-23)12-6-3-7-13-22)20(26)16-25-14-10-19(11-15-25)21(27)18-8-4-2-5-9-18/h2,4-5,8-9,19H,3,6-7,10-16H2,1H3. The number of nitrogens with zero attached hydrogens (tertiary/aromatic N) is 3. The lowest BCUT2D eigenvalue weighted by molar-refractivity contribution is -0.136. The quantitative estimate of drug-likeness (QED) is 0.749. The first-order valence-corrected chi connectivity index (χ1v) is 10.1. The summed E-state index contributed by atoms with van der Waals surface area (Å²) < 4.78 is 0. The minimum absolute atomic E-state index is 0.0197. The molecule has 0 aromatic heterocycles. The predicted octanol–water partition coefficient (Wildman–Crippen LogP) is 3.27. The van der Waals surface area contributed by atoms with E-state index in [2.05, 4.69) is 11.0 Å². The topological polar surface area (TPSA) is 64.4 Å². The van der Waals surface area contributed by atoms with Gasteiger partial charge in [-0.05, 0) is 38.8 Å². The smallest absolute Gasteiger partial charge is 0.237 e. The van der Waals surface area contributed by atoms with E-state index in [0.29, 0.717) is 6.54 Å². The molecule has 0 radical (unpaired) electrons. The Morgan fingerprint density at radius 1 is 1.15 bits per heavy atom. The van der Waals surface area contributed by atoms with Crippen molar-refractivity contribution in [2.75, 3.05) is 26.7 Å². The monoisotopic (exact) mass is 367 g/mol. The third-order valence-corrected chi connectivity index (χ3v) is 6.28. The Morgan fingerprint density at radius 2 is 1.78 bits per heavy atom. The van der Waals surface area contributed by atoms with Crippen LogP contribution in [0.3, 0.4) is 0 Å². The molecule has 0 N–H and O–H groups in total. The molecule has 0 spiro atoms. The van der Waals surface area contributed by atoms with Crippen molar-refractivity contribution >= 4 is 11.7 Å². The van der Waals surface area contributed by atoms with Crippen molar-refractivity contribution in [1.29, 1.82) is 5.26 Å². The van der Waals surface area contributed by atoms with Crippen molar-refractivity contribution in [3.8, 4) is 6.07 Å². The van der Waals surface area contributed by atoms with Gasteiger partial charge in [-0.2, -0.15) is 5.26 Å². The molecule has 2 aliphatic rings. The van der Waals surface area contributed by atoms with Gasteiger partial charge in [0.2, 0.25) is 5.91 Å². The summed E-state index contributed by atoms with van der Waals surface area (Å²) in [5, 5.41) is 9.68. The minimum Gasteiger partial charge on any atom is -0.326 e. The minimum atomic E-state index is -0.628. The molecule has 1 aromatic rings. The molecule has 5 heteroatoms. The van der Waals surface area contributed by atoms with Gasteiger partial charge >= 0.3 is 0 Å². The van der Waals surface area contributed by atoms with E-state index in [-0.39, 0.29) is 17.6 Å². The molecule has 0 unspecified atom stereocenters. The molecule has 1 aliphatic carbocycles. The Kier molecular flexibility index (Phi) is 6.28. The first-order valence-electron chi connectivity index (χ1n) is 10.1. The highest BCUT2D eigenvalue weighted by Crippen LogP contribution is 2.32. The van der Waals surface area contributed by atoms with Crippen molar-refractivity contribution in [3.05, 3.63) is 35.9 Å². The van der Waals surface area contributed by atoms with Gasteiger partial charge in [-0.25, -0.2) is 0 Å². The first kappa shape index (κ1) is 19.6. The molecule has 1 amide bonds. The van der Waals surface area contributed by atoms with Crippen LogP contribution in [0.5, 0.6) is 0 Å². The van der Waals surface area contributed by atoms with Crippen molar-refractivity contribution < 1.29 is 9.59 Å². The Hall–Kier alpha value is -2.19. The van der Waals surface area contributed by atoms with Crippen LogP contribution in [-0.2, 0) is 4.79 Å². The molecule has 1 heterocycles. The normalized spacial score (nSPS) is 20.6. The predicted molar refractivity (Wildman–Crippen MR) is 104 cm³/mol. The number of piperidine rings is 1. The van der Waals surface area contributed by atoms with Gasteiger partial charge in [-0.15, -0.1) is 0 Å². The van der Waals surface area contributed by atoms with E-state index in [1.54, 1.807) is 11.9 Å². The Bertz CT molecular complexity index is 696. The number of amides is 1. The van der Waals surface area contributed by atoms with E-state index in [1.807, 2.05) is 30.3 Å². The van der Waals surface area contributed by atoms with Crippen LogP contribution in [0.25, 0.3) is 0 Å². The van der Waals surface area contributed by atoms with Crippen LogP contribution in [0.1, 0.15) is 55.3 Å². The summed E-state index contributed by atoms with van der Waals surface area (Å²) in [4.78, 5) is 29.2. The van der Waals surface area contributed by atoms with Crippen molar-refractivity contribution in [2.24, 2.45) is 5.92 Å². The summed E-state index contributed by atoms with van der Waals surface area (Å²) in [6.45, 7) is 1.84. The fraction of sp³-hybridized carbons (Fsp3) is 0.591. The number of likely N-dealkylation sites (tertiary alicyclic amines) is 1. The summed E-state index contributed by atoms with van der Waals surface area (Å²) in [5.74, 6) is 0.274. The Balaban J connectivity index is 1.52. The molecule has 0 bridgehead atoms. The van der Waals surface area contributed by atoms with Gasteiger partial charge < -0.3 is 4.90 Å². The number of ketones is 1. The number of carbonyl (C=O) groups is 2. The highest BCUT2D eigenvalue weighted by Gasteiger charge is 2.39. The molecule has 1 aliphatic heterocycles. The Labute approximate surface area is 161 Å². The van der Waals surface area contributed by atoms with E-state index in [9.17, 15) is 14.9 Å². The second-order valence-electron chi connectivity index (χ2n) is 7.94. The zero-order valence-electron chi connectivity index (χ0n) is 16.2. The van der Waals surface area contributed by atoms with Gasteiger partial charge in [0.15, 0.2) is 5.78 Å². The highest BCUT2D eigenvalue weighted by molar-refractivity contribution is 5.97. The van der Waals surface area contributed by atoms with Crippen LogP contribution in [-0.4, -0.2) is 53.7 Å². The maximum absolute atomic E-state index is 12.8. The summed E-state index contributed by atoms with van der Waals surface area (Å²) in [5.41, 5.74) is 0.150. The fourth-order valence-electron chi connectivity index (χ4n) is 4.39. The van der Waals surface area contributed by atoms with Crippen molar-refractivity contribution in [3.63, 3.8) is 0 Å². The van der Waals surface area contributed by atoms with Crippen LogP contribution >= 0.6 is 0 Å². The summed E-state index contributed by atoms with van der Waals surface area (Å²) >= 11 is 0. The van der Waals surface area contributed by atoms with E-state index >= 15 is 0 Å². The van der Waals surface area contributed by atoms with Crippen molar-refractivity contribution in [1.82, 2.24) is 9.80 Å². The van der Waals surface area contributed by atoms with Gasteiger partial charge in [0.05, 0.1) is 12.6 Å². The zero-order valence-corrected chi connectivity index (χ0v) is 16.2. The largest absolute Gasteiger partial charge is 0.326 e. The third-order valence-electron chi connectivity index (χ3n) is 6.28. The molecule has 1 saturated heterocycles. The van der Waals surface area contributed by atoms with E-state index in [4.69, 9.17) is 0 Å². The molecule has 144 valence electrons. The molecule has 0 atom stereocenters. The van der Waals surface area contributed by atoms with Gasteiger partial charge in [-0.3, -0.25) is 14.5 Å². The summed E-state index contributed by atoms with van der Waals surface area (Å²) in [6.07, 6.45) is 6.30. The number of carbonyl (C=O) groups excluding carboxylic acids is 2. The Morgan fingerprint density at radius 3 is 2.37 bits per heavy atom. The third kappa shape index (κ3) is 4.39. The average molecular weight is 367 g/mol. The van der Waals surface area contributed by atoms with E-state index in [1.165, 1.54) is 0 Å². The van der Waals surface area contributed by atoms with Gasteiger partial charge in [0, 0.05) is 18.5 Å². The van der Waals surface area contributed by atoms with Crippen LogP contribution in [0.2, 0.25) is 0 Å². The highest BCUT2D eigenvalue weighted by atomic mass is 16.2. The van der Waals surface area contributed by atoms with Crippen LogP contribution < -0.4 is 0 Å². The molecule has 5 nitrogen and oxygen atoms in total. The molecular weight excluding hydrogens is 338 g/mol. The van der Waals surface area contributed by atoms with Gasteiger partial charge in [0.1, 0.15) is 5.54 Å². The lowest BCUT2D eigenvalue weighted by Crippen LogP contribution is -2.53. The van der Waals surface area contributed by atoms with E-state index < -0.39 is 5.54 Å². The molecule has 27 heavy (non-hydrogen) atoms. The number of hydrogen-bond donors (Lipinski definition) is 0. The van der Waals surface area contributed by atoms with E-state index in [0.717, 1.165) is 63.6 Å². The number of likely N-dealkylation sites (N-methyl/N-ethyl adjacent to an activating group) is 1. The van der Waals surface area contributed by atoms with Crippen LogP contribution in [0.4, 0.5) is 0 Å². The first-order chi connectivity index (χ1) is 13.1. The maximum Gasteiger partial charge on any atom is 0.237 e. The average Bonchev–Trinajstić information content (AvgIpc) is 2.74. The number of rotatable bonds is 5. The second-order valence-corrected chi connectivity index (χ2v) is 7.94. The molecule has 2 fully saturated rings. The van der Waals surface area contributed by atoms with Gasteiger partial charge in [-0.1, -0.05) is 49.6 Å². The van der Waals surface area contributed by atoms with Crippen molar-refractivity contribution in [2.45, 2.75) is 50.5 Å². The fourth-order valence-corrected chi connectivity index (χ4v) is 4.39. The molecular formula is C22H29N3O2. The number of benzene rings is 1. The lowest BCUT2D eigenvalue weighted by Gasteiger charge is -2.40. The van der Waals surface area contributed by atoms with Gasteiger partial charge in [0.25, 0.3) is 0 Å². The molecule has 1 aromatic carbocycles. The number of hydrogen-bond acceptors (Lipinski definition) is 4. The SMILES string of the molecule is CN(C(=O)CN1CCC(C(=O)c2ccccc2)CC1)C1(C#N)CCCCC1. The summed E-state index contributed by atoms with van der Waals surface area (Å²) in [7, 11) is 1.78. The number of nitriles is 1. The zero-order chi connectivity index (χ0) is 19.3. The summed E-state index contributed by atoms with van der Waals surface area (Å²) in [6, 6.07) is 11.9. The maximum atomic E-state index is 12.8.